The van der Waals surface area contributed by atoms with Crippen molar-refractivity contribution in [2.75, 3.05) is 0 Å². The van der Waals surface area contributed by atoms with E-state index < -0.39 is 0 Å². The van der Waals surface area contributed by atoms with Crippen molar-refractivity contribution in [3.05, 3.63) is 52.2 Å². The van der Waals surface area contributed by atoms with Gasteiger partial charge in [-0.05, 0) is 43.7 Å². The van der Waals surface area contributed by atoms with Crippen LogP contribution in [-0.4, -0.2) is 4.98 Å². The van der Waals surface area contributed by atoms with Crippen molar-refractivity contribution in [2.45, 2.75) is 13.8 Å². The Morgan fingerprint density at radius 3 is 2.72 bits per heavy atom. The van der Waals surface area contributed by atoms with Crippen LogP contribution in [0.15, 0.2) is 30.5 Å². The number of hydrogen-bond acceptors (Lipinski definition) is 3. The molecule has 2 aromatic rings. The SMILES string of the molecule is Cc1ccnc(Oc2ccc(C#N)cc2Cl)c1C. The number of benzene rings is 1. The molecule has 4 heteroatoms. The van der Waals surface area contributed by atoms with Crippen molar-refractivity contribution in [2.24, 2.45) is 0 Å². The standard InChI is InChI=1S/C14H11ClN2O/c1-9-5-6-17-14(10(9)2)18-13-4-3-11(8-16)7-12(13)15/h3-7H,1-2H3. The fourth-order valence-electron chi connectivity index (χ4n) is 1.47. The van der Waals surface area contributed by atoms with Crippen LogP contribution in [0.3, 0.4) is 0 Å². The summed E-state index contributed by atoms with van der Waals surface area (Å²) in [6, 6.07) is 8.84. The summed E-state index contributed by atoms with van der Waals surface area (Å²) in [5, 5.41) is 9.16. The molecule has 0 N–H and O–H groups in total. The van der Waals surface area contributed by atoms with Crippen molar-refractivity contribution in [3.8, 4) is 17.7 Å². The highest BCUT2D eigenvalue weighted by molar-refractivity contribution is 6.32. The van der Waals surface area contributed by atoms with E-state index in [9.17, 15) is 0 Å². The van der Waals surface area contributed by atoms with Gasteiger partial charge in [0.15, 0.2) is 0 Å². The molecule has 0 spiro atoms. The largest absolute Gasteiger partial charge is 0.437 e. The third-order valence-electron chi connectivity index (χ3n) is 2.70. The van der Waals surface area contributed by atoms with Gasteiger partial charge >= 0.3 is 0 Å². The van der Waals surface area contributed by atoms with Gasteiger partial charge in [0.25, 0.3) is 0 Å². The van der Waals surface area contributed by atoms with E-state index in [0.717, 1.165) is 11.1 Å². The molecular formula is C14H11ClN2O. The van der Waals surface area contributed by atoms with Crippen LogP contribution >= 0.6 is 11.6 Å². The van der Waals surface area contributed by atoms with Gasteiger partial charge in [0.2, 0.25) is 5.88 Å². The van der Waals surface area contributed by atoms with Gasteiger partial charge in [0.05, 0.1) is 16.7 Å². The molecule has 0 atom stereocenters. The summed E-state index contributed by atoms with van der Waals surface area (Å²) in [6.45, 7) is 3.93. The van der Waals surface area contributed by atoms with Gasteiger partial charge in [-0.15, -0.1) is 0 Å². The Balaban J connectivity index is 2.35. The zero-order valence-electron chi connectivity index (χ0n) is 10.1. The summed E-state index contributed by atoms with van der Waals surface area (Å²) in [7, 11) is 0. The summed E-state index contributed by atoms with van der Waals surface area (Å²) < 4.78 is 5.67. The maximum atomic E-state index is 8.76. The third-order valence-corrected chi connectivity index (χ3v) is 2.99. The van der Waals surface area contributed by atoms with Crippen molar-refractivity contribution in [3.63, 3.8) is 0 Å². The molecule has 3 nitrogen and oxygen atoms in total. The minimum absolute atomic E-state index is 0.400. The fourth-order valence-corrected chi connectivity index (χ4v) is 1.69. The van der Waals surface area contributed by atoms with Gasteiger partial charge in [-0.3, -0.25) is 0 Å². The second-order valence-corrected chi connectivity index (χ2v) is 4.32. The lowest BCUT2D eigenvalue weighted by atomic mass is 10.2. The minimum atomic E-state index is 0.400. The van der Waals surface area contributed by atoms with Gasteiger partial charge in [0, 0.05) is 11.8 Å². The number of ether oxygens (including phenoxy) is 1. The number of nitriles is 1. The van der Waals surface area contributed by atoms with Crippen LogP contribution in [0.2, 0.25) is 5.02 Å². The first-order chi connectivity index (χ1) is 8.61. The molecule has 0 aliphatic carbocycles. The lowest BCUT2D eigenvalue weighted by molar-refractivity contribution is 0.458. The second kappa shape index (κ2) is 5.07. The lowest BCUT2D eigenvalue weighted by Gasteiger charge is -2.10. The molecule has 0 bridgehead atoms. The van der Waals surface area contributed by atoms with Gasteiger partial charge in [0.1, 0.15) is 5.75 Å². The van der Waals surface area contributed by atoms with Crippen LogP contribution in [0, 0.1) is 25.2 Å². The number of hydrogen-bond donors (Lipinski definition) is 0. The van der Waals surface area contributed by atoms with E-state index in [4.69, 9.17) is 21.6 Å². The Hall–Kier alpha value is -2.05. The van der Waals surface area contributed by atoms with Gasteiger partial charge in [-0.25, -0.2) is 4.98 Å². The normalized spacial score (nSPS) is 9.89. The Labute approximate surface area is 111 Å². The van der Waals surface area contributed by atoms with E-state index in [0.29, 0.717) is 22.2 Å². The van der Waals surface area contributed by atoms with Crippen molar-refractivity contribution in [1.82, 2.24) is 4.98 Å². The van der Waals surface area contributed by atoms with Crippen LogP contribution < -0.4 is 4.74 Å². The van der Waals surface area contributed by atoms with E-state index in [1.54, 1.807) is 24.4 Å². The monoisotopic (exact) mass is 258 g/mol. The highest BCUT2D eigenvalue weighted by Crippen LogP contribution is 2.31. The van der Waals surface area contributed by atoms with Crippen LogP contribution in [-0.2, 0) is 0 Å². The molecule has 1 aromatic carbocycles. The van der Waals surface area contributed by atoms with E-state index in [1.165, 1.54) is 0 Å². The zero-order chi connectivity index (χ0) is 13.1. The Bertz CT molecular complexity index is 632. The number of rotatable bonds is 2. The third kappa shape index (κ3) is 2.44. The van der Waals surface area contributed by atoms with Gasteiger partial charge in [-0.2, -0.15) is 5.26 Å². The van der Waals surface area contributed by atoms with Crippen molar-refractivity contribution in [1.29, 1.82) is 5.26 Å². The Morgan fingerprint density at radius 2 is 2.06 bits per heavy atom. The molecule has 0 unspecified atom stereocenters. The molecule has 1 heterocycles. The number of aryl methyl sites for hydroxylation is 1. The summed E-state index contributed by atoms with van der Waals surface area (Å²) in [4.78, 5) is 4.17. The van der Waals surface area contributed by atoms with Crippen LogP contribution in [0.25, 0.3) is 0 Å². The Kier molecular flexibility index (Phi) is 3.50. The fraction of sp³-hybridized carbons (Fsp3) is 0.143. The molecule has 0 aliphatic rings. The van der Waals surface area contributed by atoms with Gasteiger partial charge in [-0.1, -0.05) is 11.6 Å². The van der Waals surface area contributed by atoms with Crippen LogP contribution in [0.4, 0.5) is 0 Å². The first-order valence-corrected chi connectivity index (χ1v) is 5.79. The number of pyridine rings is 1. The van der Waals surface area contributed by atoms with E-state index >= 15 is 0 Å². The molecule has 0 fully saturated rings. The van der Waals surface area contributed by atoms with E-state index in [2.05, 4.69) is 4.98 Å². The Morgan fingerprint density at radius 1 is 1.28 bits per heavy atom. The number of halogens is 1. The number of aromatic nitrogens is 1. The molecule has 1 aromatic heterocycles. The summed E-state index contributed by atoms with van der Waals surface area (Å²) in [6.07, 6.45) is 1.69. The summed E-state index contributed by atoms with van der Waals surface area (Å²) in [5.74, 6) is 1.03. The van der Waals surface area contributed by atoms with Crippen molar-refractivity contribution < 1.29 is 4.74 Å². The highest BCUT2D eigenvalue weighted by atomic mass is 35.5. The average Bonchev–Trinajstić information content (AvgIpc) is 2.37. The number of nitrogens with zero attached hydrogens (tertiary/aromatic N) is 2. The predicted octanol–water partition coefficient (Wildman–Crippen LogP) is 4.02. The molecule has 0 amide bonds. The zero-order valence-corrected chi connectivity index (χ0v) is 10.8. The molecule has 18 heavy (non-hydrogen) atoms. The smallest absolute Gasteiger partial charge is 0.222 e. The molecule has 0 saturated heterocycles. The quantitative estimate of drug-likeness (QED) is 0.817. The molecular weight excluding hydrogens is 248 g/mol. The molecule has 0 aliphatic heterocycles. The highest BCUT2D eigenvalue weighted by Gasteiger charge is 2.08. The summed E-state index contributed by atoms with van der Waals surface area (Å²) >= 11 is 6.05. The van der Waals surface area contributed by atoms with E-state index in [-0.39, 0.29) is 0 Å². The molecule has 0 radical (unpaired) electrons. The maximum absolute atomic E-state index is 8.76. The summed E-state index contributed by atoms with van der Waals surface area (Å²) in [5.41, 5.74) is 2.57. The molecule has 2 rings (SSSR count). The van der Waals surface area contributed by atoms with Crippen LogP contribution in [0.1, 0.15) is 16.7 Å². The van der Waals surface area contributed by atoms with Crippen LogP contribution in [0.5, 0.6) is 11.6 Å². The maximum Gasteiger partial charge on any atom is 0.222 e. The van der Waals surface area contributed by atoms with Gasteiger partial charge < -0.3 is 4.74 Å². The molecule has 0 saturated carbocycles. The molecule has 90 valence electrons. The average molecular weight is 259 g/mol. The minimum Gasteiger partial charge on any atom is -0.437 e. The van der Waals surface area contributed by atoms with Crippen molar-refractivity contribution >= 4 is 11.6 Å². The first kappa shape index (κ1) is 12.4. The first-order valence-electron chi connectivity index (χ1n) is 5.41. The topological polar surface area (TPSA) is 45.9 Å². The predicted molar refractivity (Wildman–Crippen MR) is 70.0 cm³/mol. The second-order valence-electron chi connectivity index (χ2n) is 3.92. The lowest BCUT2D eigenvalue weighted by Crippen LogP contribution is -1.94. The van der Waals surface area contributed by atoms with E-state index in [1.807, 2.05) is 26.0 Å².